The zero-order valence-electron chi connectivity index (χ0n) is 14.3. The van der Waals surface area contributed by atoms with Gasteiger partial charge < -0.3 is 10.6 Å². The van der Waals surface area contributed by atoms with Crippen molar-refractivity contribution in [2.45, 2.75) is 33.2 Å². The van der Waals surface area contributed by atoms with E-state index in [1.807, 2.05) is 36.1 Å². The highest BCUT2D eigenvalue weighted by atomic mass is 35.5. The number of aromatic nitrogens is 1. The van der Waals surface area contributed by atoms with E-state index < -0.39 is 0 Å². The monoisotopic (exact) mass is 369 g/mol. The Hall–Kier alpha value is -1.36. The molecule has 1 unspecified atom stereocenters. The maximum Gasteiger partial charge on any atom is 0.255 e. The molecule has 24 heavy (non-hydrogen) atoms. The molecule has 0 bridgehead atoms. The van der Waals surface area contributed by atoms with Gasteiger partial charge in [0.1, 0.15) is 0 Å². The summed E-state index contributed by atoms with van der Waals surface area (Å²) in [5.74, 6) is 0.0655. The summed E-state index contributed by atoms with van der Waals surface area (Å²) in [6.07, 6.45) is 2.56. The van der Waals surface area contributed by atoms with Crippen molar-refractivity contribution in [3.63, 3.8) is 0 Å². The Morgan fingerprint density at radius 1 is 1.29 bits per heavy atom. The van der Waals surface area contributed by atoms with Gasteiger partial charge in [-0.2, -0.15) is 0 Å². The number of halogens is 2. The zero-order chi connectivity index (χ0) is 15.9. The van der Waals surface area contributed by atoms with E-state index in [2.05, 4.69) is 18.8 Å². The fourth-order valence-electron chi connectivity index (χ4n) is 3.21. The molecule has 2 N–H and O–H groups in total. The lowest BCUT2D eigenvalue weighted by atomic mass is 9.79. The van der Waals surface area contributed by atoms with Crippen molar-refractivity contribution in [1.82, 2.24) is 9.88 Å². The first-order valence-electron chi connectivity index (χ1n) is 7.79. The number of carbonyl (C=O) groups is 1. The number of pyridine rings is 1. The molecule has 2 aromatic rings. The Bertz CT molecular complexity index is 733. The van der Waals surface area contributed by atoms with E-state index >= 15 is 0 Å². The van der Waals surface area contributed by atoms with Crippen LogP contribution in [-0.4, -0.2) is 34.9 Å². The van der Waals surface area contributed by atoms with Gasteiger partial charge in [0.15, 0.2) is 0 Å². The number of carbonyl (C=O) groups excluding carboxylic acids is 1. The number of fused-ring (bicyclic) bond motifs is 1. The van der Waals surface area contributed by atoms with E-state index in [1.54, 1.807) is 6.20 Å². The SMILES string of the molecule is Cc1c(C(=O)N2CCC(N)C(C)(C)C2)cnc2ccccc12.Cl.Cl. The van der Waals surface area contributed by atoms with Crippen molar-refractivity contribution in [1.29, 1.82) is 0 Å². The fraction of sp³-hybridized carbons (Fsp3) is 0.444. The lowest BCUT2D eigenvalue weighted by Crippen LogP contribution is -2.54. The molecule has 0 aliphatic carbocycles. The van der Waals surface area contributed by atoms with E-state index in [1.165, 1.54) is 0 Å². The molecular formula is C18H25Cl2N3O. The van der Waals surface area contributed by atoms with Crippen molar-refractivity contribution in [2.75, 3.05) is 13.1 Å². The third-order valence-corrected chi connectivity index (χ3v) is 4.87. The third-order valence-electron chi connectivity index (χ3n) is 4.87. The number of para-hydroxylation sites is 1. The van der Waals surface area contributed by atoms with Crippen molar-refractivity contribution in [3.05, 3.63) is 41.6 Å². The van der Waals surface area contributed by atoms with E-state index in [-0.39, 0.29) is 42.2 Å². The van der Waals surface area contributed by atoms with Gasteiger partial charge >= 0.3 is 0 Å². The van der Waals surface area contributed by atoms with Gasteiger partial charge in [0.25, 0.3) is 5.91 Å². The summed E-state index contributed by atoms with van der Waals surface area (Å²) < 4.78 is 0. The summed E-state index contributed by atoms with van der Waals surface area (Å²) in [7, 11) is 0. The second-order valence-corrected chi connectivity index (χ2v) is 6.92. The van der Waals surface area contributed by atoms with E-state index in [0.29, 0.717) is 12.1 Å². The number of aryl methyl sites for hydroxylation is 1. The molecule has 0 radical (unpaired) electrons. The average Bonchev–Trinajstić information content (AvgIpc) is 2.50. The van der Waals surface area contributed by atoms with Crippen LogP contribution in [-0.2, 0) is 0 Å². The first-order valence-corrected chi connectivity index (χ1v) is 7.79. The lowest BCUT2D eigenvalue weighted by Gasteiger charge is -2.42. The molecule has 0 saturated carbocycles. The van der Waals surface area contributed by atoms with Crippen LogP contribution >= 0.6 is 24.8 Å². The van der Waals surface area contributed by atoms with Gasteiger partial charge in [-0.1, -0.05) is 32.0 Å². The molecular weight excluding hydrogens is 345 g/mol. The van der Waals surface area contributed by atoms with Crippen LogP contribution in [0.25, 0.3) is 10.9 Å². The van der Waals surface area contributed by atoms with E-state index in [0.717, 1.165) is 29.4 Å². The lowest BCUT2D eigenvalue weighted by molar-refractivity contribution is 0.0532. The van der Waals surface area contributed by atoms with Crippen LogP contribution in [0, 0.1) is 12.3 Å². The first kappa shape index (κ1) is 20.7. The van der Waals surface area contributed by atoms with Crippen LogP contribution in [0.3, 0.4) is 0 Å². The van der Waals surface area contributed by atoms with Crippen LogP contribution < -0.4 is 5.73 Å². The molecule has 1 aliphatic heterocycles. The Morgan fingerprint density at radius 3 is 2.62 bits per heavy atom. The molecule has 3 rings (SSSR count). The van der Waals surface area contributed by atoms with Crippen LogP contribution in [0.15, 0.2) is 30.5 Å². The van der Waals surface area contributed by atoms with Crippen molar-refractivity contribution in [2.24, 2.45) is 11.1 Å². The Balaban J connectivity index is 0.00000144. The van der Waals surface area contributed by atoms with Gasteiger partial charge in [0.05, 0.1) is 11.1 Å². The standard InChI is InChI=1S/C18H23N3O.2ClH/c1-12-13-6-4-5-7-15(13)20-10-14(12)17(22)21-9-8-16(19)18(2,3)11-21;;/h4-7,10,16H,8-9,11,19H2,1-3H3;2*1H. The van der Waals surface area contributed by atoms with Crippen LogP contribution in [0.5, 0.6) is 0 Å². The smallest absolute Gasteiger partial charge is 0.255 e. The predicted octanol–water partition coefficient (Wildman–Crippen LogP) is 3.59. The molecule has 2 heterocycles. The minimum absolute atomic E-state index is 0. The second kappa shape index (κ2) is 7.68. The highest BCUT2D eigenvalue weighted by molar-refractivity contribution is 6.00. The number of benzene rings is 1. The van der Waals surface area contributed by atoms with Gasteiger partial charge in [-0.25, -0.2) is 0 Å². The molecule has 6 heteroatoms. The normalized spacial score (nSPS) is 19.3. The van der Waals surface area contributed by atoms with Gasteiger partial charge in [-0.15, -0.1) is 24.8 Å². The number of nitrogens with two attached hydrogens (primary N) is 1. The topological polar surface area (TPSA) is 59.2 Å². The summed E-state index contributed by atoms with van der Waals surface area (Å²) in [6, 6.07) is 8.08. The number of hydrogen-bond donors (Lipinski definition) is 1. The molecule has 4 nitrogen and oxygen atoms in total. The molecule has 1 aliphatic rings. The fourth-order valence-corrected chi connectivity index (χ4v) is 3.21. The summed E-state index contributed by atoms with van der Waals surface area (Å²) in [5.41, 5.74) is 8.75. The van der Waals surface area contributed by atoms with Gasteiger partial charge in [-0.3, -0.25) is 9.78 Å². The highest BCUT2D eigenvalue weighted by Gasteiger charge is 2.36. The molecule has 1 aromatic heterocycles. The Labute approximate surface area is 155 Å². The van der Waals surface area contributed by atoms with E-state index in [4.69, 9.17) is 5.73 Å². The predicted molar refractivity (Wildman–Crippen MR) is 103 cm³/mol. The maximum absolute atomic E-state index is 12.9. The number of hydrogen-bond acceptors (Lipinski definition) is 3. The largest absolute Gasteiger partial charge is 0.338 e. The number of amides is 1. The minimum atomic E-state index is -0.0495. The third kappa shape index (κ3) is 3.66. The molecule has 0 spiro atoms. The summed E-state index contributed by atoms with van der Waals surface area (Å²) in [6.45, 7) is 7.66. The van der Waals surface area contributed by atoms with Crippen LogP contribution in [0.1, 0.15) is 36.2 Å². The van der Waals surface area contributed by atoms with Crippen molar-refractivity contribution in [3.8, 4) is 0 Å². The molecule has 1 aromatic carbocycles. The summed E-state index contributed by atoms with van der Waals surface area (Å²) >= 11 is 0. The molecule has 1 amide bonds. The second-order valence-electron chi connectivity index (χ2n) is 6.92. The summed E-state index contributed by atoms with van der Waals surface area (Å²) in [4.78, 5) is 19.3. The Kier molecular flexibility index (Phi) is 6.62. The highest BCUT2D eigenvalue weighted by Crippen LogP contribution is 2.29. The van der Waals surface area contributed by atoms with Crippen LogP contribution in [0.2, 0.25) is 0 Å². The molecule has 1 fully saturated rings. The van der Waals surface area contributed by atoms with Crippen molar-refractivity contribution < 1.29 is 4.79 Å². The van der Waals surface area contributed by atoms with Gasteiger partial charge in [0.2, 0.25) is 0 Å². The zero-order valence-corrected chi connectivity index (χ0v) is 15.9. The number of piperidine rings is 1. The van der Waals surface area contributed by atoms with Crippen molar-refractivity contribution >= 4 is 41.6 Å². The molecule has 1 saturated heterocycles. The number of nitrogens with zero attached hydrogens (tertiary/aromatic N) is 2. The van der Waals surface area contributed by atoms with E-state index in [9.17, 15) is 4.79 Å². The van der Waals surface area contributed by atoms with Gasteiger partial charge in [0, 0.05) is 30.7 Å². The molecule has 1 atom stereocenters. The minimum Gasteiger partial charge on any atom is -0.338 e. The number of rotatable bonds is 1. The average molecular weight is 370 g/mol. The van der Waals surface area contributed by atoms with Crippen LogP contribution in [0.4, 0.5) is 0 Å². The molecule has 132 valence electrons. The maximum atomic E-state index is 12.9. The number of likely N-dealkylation sites (tertiary alicyclic amines) is 1. The first-order chi connectivity index (χ1) is 10.4. The quantitative estimate of drug-likeness (QED) is 0.835. The Morgan fingerprint density at radius 2 is 1.96 bits per heavy atom. The summed E-state index contributed by atoms with van der Waals surface area (Å²) in [5, 5.41) is 1.04. The van der Waals surface area contributed by atoms with Gasteiger partial charge in [-0.05, 0) is 30.4 Å².